The van der Waals surface area contributed by atoms with Gasteiger partial charge < -0.3 is 24.3 Å². The normalized spacial score (nSPS) is 19.2. The lowest BCUT2D eigenvalue weighted by Gasteiger charge is -2.36. The Morgan fingerprint density at radius 1 is 1.19 bits per heavy atom. The highest BCUT2D eigenvalue weighted by Gasteiger charge is 2.20. The van der Waals surface area contributed by atoms with Gasteiger partial charge in [0.15, 0.2) is 5.75 Å². The molecule has 0 radical (unpaired) electrons. The topological polar surface area (TPSA) is 76.0 Å². The molecule has 8 nitrogen and oxygen atoms in total. The van der Waals surface area contributed by atoms with Gasteiger partial charge in [-0.25, -0.2) is 0 Å². The van der Waals surface area contributed by atoms with Crippen LogP contribution in [0.4, 0.5) is 5.69 Å². The minimum absolute atomic E-state index is 0.0960. The molecule has 1 atom stereocenters. The molecule has 1 N–H and O–H groups in total. The summed E-state index contributed by atoms with van der Waals surface area (Å²) in [5, 5.41) is 2.96. The van der Waals surface area contributed by atoms with Crippen molar-refractivity contribution in [1.82, 2.24) is 14.8 Å². The Balaban J connectivity index is 1.39. The molecular formula is C24H32N4O4. The van der Waals surface area contributed by atoms with Crippen LogP contribution in [0.5, 0.6) is 5.75 Å². The first-order valence-corrected chi connectivity index (χ1v) is 11.3. The Morgan fingerprint density at radius 3 is 2.66 bits per heavy atom. The molecule has 1 unspecified atom stereocenters. The second kappa shape index (κ2) is 10.7. The number of pyridine rings is 1. The number of rotatable bonds is 8. The lowest BCUT2D eigenvalue weighted by Crippen LogP contribution is -2.46. The van der Waals surface area contributed by atoms with E-state index in [1.54, 1.807) is 12.3 Å². The number of piperazine rings is 1. The number of benzene rings is 1. The van der Waals surface area contributed by atoms with Crippen LogP contribution in [0, 0.1) is 0 Å². The maximum absolute atomic E-state index is 12.6. The van der Waals surface area contributed by atoms with Gasteiger partial charge in [-0.2, -0.15) is 0 Å². The number of anilines is 1. The van der Waals surface area contributed by atoms with Crippen LogP contribution in [0.2, 0.25) is 0 Å². The number of hydrogen-bond donors (Lipinski definition) is 1. The highest BCUT2D eigenvalue weighted by Crippen LogP contribution is 2.17. The van der Waals surface area contributed by atoms with E-state index in [4.69, 9.17) is 9.47 Å². The van der Waals surface area contributed by atoms with Crippen molar-refractivity contribution in [3.8, 4) is 5.75 Å². The third-order valence-electron chi connectivity index (χ3n) is 6.15. The molecule has 1 amide bonds. The molecule has 2 aliphatic rings. The second-order valence-corrected chi connectivity index (χ2v) is 8.36. The summed E-state index contributed by atoms with van der Waals surface area (Å²) in [5.74, 6) is 0.149. The van der Waals surface area contributed by atoms with E-state index in [0.29, 0.717) is 13.1 Å². The van der Waals surface area contributed by atoms with E-state index in [-0.39, 0.29) is 29.7 Å². The van der Waals surface area contributed by atoms with Crippen LogP contribution in [0.15, 0.2) is 47.4 Å². The van der Waals surface area contributed by atoms with E-state index >= 15 is 0 Å². The summed E-state index contributed by atoms with van der Waals surface area (Å²) >= 11 is 0. The highest BCUT2D eigenvalue weighted by atomic mass is 16.5. The average Bonchev–Trinajstić information content (AvgIpc) is 3.34. The lowest BCUT2D eigenvalue weighted by molar-refractivity contribution is -0.122. The zero-order chi connectivity index (χ0) is 22.3. The lowest BCUT2D eigenvalue weighted by atomic mass is 10.2. The molecule has 2 saturated heterocycles. The number of hydrogen-bond acceptors (Lipinski definition) is 6. The van der Waals surface area contributed by atoms with Crippen LogP contribution in [0.3, 0.4) is 0 Å². The zero-order valence-electron chi connectivity index (χ0n) is 18.7. The number of para-hydroxylation sites is 1. The molecule has 1 aromatic carbocycles. The summed E-state index contributed by atoms with van der Waals surface area (Å²) in [5.41, 5.74) is 1.88. The molecule has 8 heteroatoms. The van der Waals surface area contributed by atoms with Crippen molar-refractivity contribution < 1.29 is 14.3 Å². The first-order chi connectivity index (χ1) is 15.6. The van der Waals surface area contributed by atoms with Crippen molar-refractivity contribution in [2.24, 2.45) is 0 Å². The Bertz CT molecular complexity index is 948. The molecule has 4 rings (SSSR count). The fourth-order valence-corrected chi connectivity index (χ4v) is 4.31. The van der Waals surface area contributed by atoms with Crippen LogP contribution in [0.1, 0.15) is 18.5 Å². The molecule has 0 aliphatic carbocycles. The van der Waals surface area contributed by atoms with Crippen LogP contribution in [-0.4, -0.2) is 67.9 Å². The maximum atomic E-state index is 12.6. The van der Waals surface area contributed by atoms with Gasteiger partial charge in [-0.3, -0.25) is 14.5 Å². The summed E-state index contributed by atoms with van der Waals surface area (Å²) in [6.07, 6.45) is 3.76. The largest absolute Gasteiger partial charge is 0.491 e. The van der Waals surface area contributed by atoms with E-state index < -0.39 is 0 Å². The summed E-state index contributed by atoms with van der Waals surface area (Å²) in [6.45, 7) is 5.66. The molecule has 2 aliphatic heterocycles. The molecule has 1 aromatic heterocycles. The molecule has 0 saturated carbocycles. The summed E-state index contributed by atoms with van der Waals surface area (Å²) < 4.78 is 12.6. The number of methoxy groups -OCH3 is 1. The second-order valence-electron chi connectivity index (χ2n) is 8.36. The van der Waals surface area contributed by atoms with Gasteiger partial charge in [0, 0.05) is 63.3 Å². The first-order valence-electron chi connectivity index (χ1n) is 11.3. The monoisotopic (exact) mass is 440 g/mol. The number of carbonyl (C=O) groups is 1. The van der Waals surface area contributed by atoms with Gasteiger partial charge in [-0.15, -0.1) is 0 Å². The zero-order valence-corrected chi connectivity index (χ0v) is 18.7. The summed E-state index contributed by atoms with van der Waals surface area (Å²) in [6, 6.07) is 12.0. The predicted molar refractivity (Wildman–Crippen MR) is 123 cm³/mol. The number of nitrogens with zero attached hydrogens (tertiary/aromatic N) is 3. The van der Waals surface area contributed by atoms with Crippen molar-refractivity contribution >= 4 is 11.6 Å². The van der Waals surface area contributed by atoms with Gasteiger partial charge >= 0.3 is 0 Å². The highest BCUT2D eigenvalue weighted by molar-refractivity contribution is 5.75. The molecule has 0 bridgehead atoms. The quantitative estimate of drug-likeness (QED) is 0.670. The smallest absolute Gasteiger partial charge is 0.240 e. The molecule has 172 valence electrons. The number of nitrogens with one attached hydrogen (secondary N) is 1. The van der Waals surface area contributed by atoms with E-state index in [2.05, 4.69) is 39.4 Å². The molecule has 3 heterocycles. The summed E-state index contributed by atoms with van der Waals surface area (Å²) in [7, 11) is 1.47. The first kappa shape index (κ1) is 22.4. The Kier molecular flexibility index (Phi) is 7.44. The Hall–Kier alpha value is -2.84. The van der Waals surface area contributed by atoms with E-state index in [1.807, 2.05) is 10.6 Å². The fourth-order valence-electron chi connectivity index (χ4n) is 4.31. The van der Waals surface area contributed by atoms with Crippen LogP contribution in [0.25, 0.3) is 0 Å². The minimum Gasteiger partial charge on any atom is -0.491 e. The average molecular weight is 441 g/mol. The van der Waals surface area contributed by atoms with Crippen molar-refractivity contribution in [1.29, 1.82) is 0 Å². The standard InChI is InChI=1S/C24H32N4O4/c1-31-23-17-28(18-24(30)25-15-21-8-5-13-32-21)20(14-22(23)29)16-26-9-11-27(12-10-26)19-6-3-2-4-7-19/h2-4,6-7,14,17,21H,5,8-13,15-16,18H2,1H3,(H,25,30). The van der Waals surface area contributed by atoms with Crippen LogP contribution < -0.4 is 20.4 Å². The van der Waals surface area contributed by atoms with Crippen LogP contribution >= 0.6 is 0 Å². The van der Waals surface area contributed by atoms with Crippen molar-refractivity contribution in [2.45, 2.75) is 32.0 Å². The van der Waals surface area contributed by atoms with Crippen molar-refractivity contribution in [3.63, 3.8) is 0 Å². The van der Waals surface area contributed by atoms with Gasteiger partial charge in [0.05, 0.1) is 19.4 Å². The van der Waals surface area contributed by atoms with Gasteiger partial charge in [-0.05, 0) is 25.0 Å². The molecular weight excluding hydrogens is 408 g/mol. The van der Waals surface area contributed by atoms with Gasteiger partial charge in [0.2, 0.25) is 11.3 Å². The van der Waals surface area contributed by atoms with E-state index in [0.717, 1.165) is 51.3 Å². The molecule has 2 fully saturated rings. The molecule has 32 heavy (non-hydrogen) atoms. The molecule has 2 aromatic rings. The van der Waals surface area contributed by atoms with E-state index in [9.17, 15) is 9.59 Å². The third-order valence-corrected chi connectivity index (χ3v) is 6.15. The predicted octanol–water partition coefficient (Wildman–Crippen LogP) is 1.47. The Labute approximate surface area is 188 Å². The molecule has 0 spiro atoms. The van der Waals surface area contributed by atoms with Crippen molar-refractivity contribution in [2.75, 3.05) is 51.3 Å². The Morgan fingerprint density at radius 2 is 1.97 bits per heavy atom. The minimum atomic E-state index is -0.165. The maximum Gasteiger partial charge on any atom is 0.240 e. The van der Waals surface area contributed by atoms with Crippen LogP contribution in [-0.2, 0) is 22.6 Å². The van der Waals surface area contributed by atoms with Gasteiger partial charge in [-0.1, -0.05) is 18.2 Å². The van der Waals surface area contributed by atoms with Crippen molar-refractivity contribution in [3.05, 3.63) is 58.5 Å². The van der Waals surface area contributed by atoms with Gasteiger partial charge in [0.25, 0.3) is 0 Å². The summed E-state index contributed by atoms with van der Waals surface area (Å²) in [4.78, 5) is 29.7. The SMILES string of the molecule is COc1cn(CC(=O)NCC2CCCO2)c(CN2CCN(c3ccccc3)CC2)cc1=O. The van der Waals surface area contributed by atoms with Gasteiger partial charge in [0.1, 0.15) is 6.54 Å². The number of amides is 1. The third kappa shape index (κ3) is 5.69. The fraction of sp³-hybridized carbons (Fsp3) is 0.500. The number of ether oxygens (including phenoxy) is 2. The number of aromatic nitrogens is 1. The van der Waals surface area contributed by atoms with E-state index in [1.165, 1.54) is 12.8 Å². The number of carbonyl (C=O) groups excluding carboxylic acids is 1.